The van der Waals surface area contributed by atoms with Crippen LogP contribution in [0.3, 0.4) is 0 Å². The molecule has 0 saturated heterocycles. The van der Waals surface area contributed by atoms with E-state index in [2.05, 4.69) is 20.9 Å². The van der Waals surface area contributed by atoms with Crippen LogP contribution in [0.1, 0.15) is 0 Å². The Hall–Kier alpha value is -1.75. The second kappa shape index (κ2) is 3.38. The number of halogens is 1. The molecule has 80 valence electrons. The molecule has 0 unspecified atom stereocenters. The third-order valence-electron chi connectivity index (χ3n) is 2.35. The van der Waals surface area contributed by atoms with Gasteiger partial charge in [-0.25, -0.2) is 4.98 Å². The molecular weight excluding hydrogens is 270 g/mol. The summed E-state index contributed by atoms with van der Waals surface area (Å²) in [4.78, 5) is 4.31. The van der Waals surface area contributed by atoms with Crippen molar-refractivity contribution in [2.24, 2.45) is 0 Å². The smallest absolute Gasteiger partial charge is 0.180 e. The number of aromatic nitrogens is 2. The molecule has 2 N–H and O–H groups in total. The van der Waals surface area contributed by atoms with Gasteiger partial charge in [0.15, 0.2) is 16.3 Å². The number of furan rings is 1. The summed E-state index contributed by atoms with van der Waals surface area (Å²) in [6.45, 7) is 0. The number of pyridine rings is 1. The summed E-state index contributed by atoms with van der Waals surface area (Å²) in [5.41, 5.74) is 7.37. The zero-order valence-electron chi connectivity index (χ0n) is 8.22. The third-order valence-corrected chi connectivity index (χ3v) is 2.78. The fourth-order valence-electron chi connectivity index (χ4n) is 1.63. The van der Waals surface area contributed by atoms with Crippen molar-refractivity contribution in [3.63, 3.8) is 0 Å². The summed E-state index contributed by atoms with van der Waals surface area (Å²) in [5.74, 6) is 1.48. The molecule has 0 atom stereocenters. The average Bonchev–Trinajstić information content (AvgIpc) is 2.83. The molecule has 3 rings (SSSR count). The van der Waals surface area contributed by atoms with Crippen molar-refractivity contribution in [1.29, 1.82) is 0 Å². The summed E-state index contributed by atoms with van der Waals surface area (Å²) < 4.78 is 8.09. The standard InChI is InChI=1S/C11H8BrN3O/c12-10-2-1-9(16-10)11-14-6-8-5-7(13)3-4-15(8)11/h1-6H,13H2. The monoisotopic (exact) mass is 277 g/mol. The number of nitrogens with zero attached hydrogens (tertiary/aromatic N) is 2. The molecule has 16 heavy (non-hydrogen) atoms. The molecule has 0 fully saturated rings. The van der Waals surface area contributed by atoms with Gasteiger partial charge in [0.1, 0.15) is 0 Å². The Balaban J connectivity index is 2.25. The zero-order valence-corrected chi connectivity index (χ0v) is 9.81. The highest BCUT2D eigenvalue weighted by Gasteiger charge is 2.09. The van der Waals surface area contributed by atoms with Crippen LogP contribution >= 0.6 is 15.9 Å². The van der Waals surface area contributed by atoms with E-state index in [0.29, 0.717) is 4.67 Å². The SMILES string of the molecule is Nc1ccn2c(-c3ccc(Br)o3)ncc2c1. The zero-order chi connectivity index (χ0) is 11.1. The van der Waals surface area contributed by atoms with E-state index in [-0.39, 0.29) is 0 Å². The molecule has 0 spiro atoms. The second-order valence-electron chi connectivity index (χ2n) is 3.44. The second-order valence-corrected chi connectivity index (χ2v) is 4.22. The Morgan fingerprint density at radius 1 is 1.31 bits per heavy atom. The molecule has 0 bridgehead atoms. The Kier molecular flexibility index (Phi) is 2.00. The Labute approximate surface area is 99.8 Å². The highest BCUT2D eigenvalue weighted by Crippen LogP contribution is 2.25. The quantitative estimate of drug-likeness (QED) is 0.744. The Bertz CT molecular complexity index is 656. The van der Waals surface area contributed by atoms with E-state index in [1.165, 1.54) is 0 Å². The predicted octanol–water partition coefficient (Wildman–Crippen LogP) is 2.94. The number of fused-ring (bicyclic) bond motifs is 1. The average molecular weight is 278 g/mol. The van der Waals surface area contributed by atoms with Gasteiger partial charge >= 0.3 is 0 Å². The number of hydrogen-bond donors (Lipinski definition) is 1. The van der Waals surface area contributed by atoms with Gasteiger partial charge in [-0.1, -0.05) is 0 Å². The van der Waals surface area contributed by atoms with E-state index >= 15 is 0 Å². The Morgan fingerprint density at radius 3 is 2.94 bits per heavy atom. The minimum atomic E-state index is 0.690. The van der Waals surface area contributed by atoms with Crippen molar-refractivity contribution >= 4 is 27.1 Å². The largest absolute Gasteiger partial charge is 0.446 e. The lowest BCUT2D eigenvalue weighted by molar-refractivity contribution is 0.551. The van der Waals surface area contributed by atoms with Gasteiger partial charge in [0.05, 0.1) is 11.7 Å². The number of rotatable bonds is 1. The summed E-state index contributed by atoms with van der Waals surface area (Å²) in [5, 5.41) is 0. The van der Waals surface area contributed by atoms with Crippen LogP contribution in [0.2, 0.25) is 0 Å². The first-order valence-electron chi connectivity index (χ1n) is 4.72. The van der Waals surface area contributed by atoms with E-state index in [0.717, 1.165) is 22.8 Å². The highest BCUT2D eigenvalue weighted by atomic mass is 79.9. The molecule has 0 aliphatic heterocycles. The van der Waals surface area contributed by atoms with Crippen LogP contribution in [0, 0.1) is 0 Å². The van der Waals surface area contributed by atoms with Crippen LogP contribution in [0.5, 0.6) is 0 Å². The molecule has 0 aliphatic carbocycles. The van der Waals surface area contributed by atoms with E-state index in [9.17, 15) is 0 Å². The fraction of sp³-hybridized carbons (Fsp3) is 0. The summed E-state index contributed by atoms with van der Waals surface area (Å²) >= 11 is 3.27. The van der Waals surface area contributed by atoms with Gasteiger partial charge in [-0.15, -0.1) is 0 Å². The number of imidazole rings is 1. The van der Waals surface area contributed by atoms with E-state index in [4.69, 9.17) is 10.2 Å². The van der Waals surface area contributed by atoms with Gasteiger partial charge in [-0.05, 0) is 40.2 Å². The minimum absolute atomic E-state index is 0.690. The van der Waals surface area contributed by atoms with Crippen LogP contribution in [-0.2, 0) is 0 Å². The van der Waals surface area contributed by atoms with Crippen molar-refractivity contribution in [3.8, 4) is 11.6 Å². The van der Waals surface area contributed by atoms with Crippen LogP contribution < -0.4 is 5.73 Å². The lowest BCUT2D eigenvalue weighted by Gasteiger charge is -1.98. The van der Waals surface area contributed by atoms with Crippen molar-refractivity contribution in [3.05, 3.63) is 41.3 Å². The van der Waals surface area contributed by atoms with Crippen LogP contribution in [0.15, 0.2) is 45.7 Å². The fourth-order valence-corrected chi connectivity index (χ4v) is 1.94. The minimum Gasteiger partial charge on any atom is -0.446 e. The van der Waals surface area contributed by atoms with Gasteiger partial charge in [0.25, 0.3) is 0 Å². The van der Waals surface area contributed by atoms with Gasteiger partial charge < -0.3 is 10.2 Å². The maximum Gasteiger partial charge on any atom is 0.180 e. The summed E-state index contributed by atoms with van der Waals surface area (Å²) in [7, 11) is 0. The first-order valence-corrected chi connectivity index (χ1v) is 5.51. The number of hydrogen-bond acceptors (Lipinski definition) is 3. The number of nitrogens with two attached hydrogens (primary N) is 1. The molecule has 0 amide bonds. The lowest BCUT2D eigenvalue weighted by atomic mass is 10.3. The normalized spacial score (nSPS) is 11.1. The first-order chi connectivity index (χ1) is 7.74. The predicted molar refractivity (Wildman–Crippen MR) is 65.0 cm³/mol. The van der Waals surface area contributed by atoms with E-state index in [1.54, 1.807) is 6.20 Å². The van der Waals surface area contributed by atoms with Crippen LogP contribution in [0.4, 0.5) is 5.69 Å². The van der Waals surface area contributed by atoms with Crippen molar-refractivity contribution < 1.29 is 4.42 Å². The third kappa shape index (κ3) is 1.40. The molecule has 3 heterocycles. The molecule has 3 aromatic rings. The van der Waals surface area contributed by atoms with Gasteiger partial charge in [-0.2, -0.15) is 0 Å². The summed E-state index contributed by atoms with van der Waals surface area (Å²) in [6, 6.07) is 7.41. The van der Waals surface area contributed by atoms with Gasteiger partial charge in [-0.3, -0.25) is 4.40 Å². The summed E-state index contributed by atoms with van der Waals surface area (Å²) in [6.07, 6.45) is 3.64. The van der Waals surface area contributed by atoms with Crippen molar-refractivity contribution in [1.82, 2.24) is 9.38 Å². The lowest BCUT2D eigenvalue weighted by Crippen LogP contribution is -1.90. The molecule has 0 radical (unpaired) electrons. The van der Waals surface area contributed by atoms with Crippen molar-refractivity contribution in [2.75, 3.05) is 5.73 Å². The topological polar surface area (TPSA) is 56.5 Å². The number of nitrogen functional groups attached to an aromatic ring is 1. The number of anilines is 1. The van der Waals surface area contributed by atoms with Crippen LogP contribution in [0.25, 0.3) is 17.1 Å². The molecule has 0 saturated carbocycles. The first kappa shape index (κ1) is 9.47. The van der Waals surface area contributed by atoms with Gasteiger partial charge in [0.2, 0.25) is 0 Å². The molecule has 4 nitrogen and oxygen atoms in total. The maximum absolute atomic E-state index is 5.70. The Morgan fingerprint density at radius 2 is 2.19 bits per heavy atom. The molecule has 3 aromatic heterocycles. The molecular formula is C11H8BrN3O. The molecule has 0 aromatic carbocycles. The maximum atomic E-state index is 5.70. The highest BCUT2D eigenvalue weighted by molar-refractivity contribution is 9.10. The van der Waals surface area contributed by atoms with Crippen molar-refractivity contribution in [2.45, 2.75) is 0 Å². The van der Waals surface area contributed by atoms with Crippen LogP contribution in [-0.4, -0.2) is 9.38 Å². The van der Waals surface area contributed by atoms with E-state index in [1.807, 2.05) is 34.9 Å². The molecule has 0 aliphatic rings. The van der Waals surface area contributed by atoms with Gasteiger partial charge in [0, 0.05) is 11.9 Å². The van der Waals surface area contributed by atoms with E-state index < -0.39 is 0 Å². The molecule has 5 heteroatoms.